The lowest BCUT2D eigenvalue weighted by molar-refractivity contribution is -0.134. The minimum Gasteiger partial charge on any atom is -0.353 e. The zero-order chi connectivity index (χ0) is 13.9. The molecule has 0 radical (unpaired) electrons. The Bertz CT molecular complexity index is 432. The van der Waals surface area contributed by atoms with E-state index in [-0.39, 0.29) is 17.5 Å². The number of hydrogen-bond acceptors (Lipinski definition) is 4. The molecule has 1 aromatic heterocycles. The van der Waals surface area contributed by atoms with Gasteiger partial charge in [0.2, 0.25) is 5.91 Å². The predicted octanol–water partition coefficient (Wildman–Crippen LogP) is 0.380. The first-order valence-electron chi connectivity index (χ1n) is 6.63. The van der Waals surface area contributed by atoms with Gasteiger partial charge in [-0.2, -0.15) is 0 Å². The van der Waals surface area contributed by atoms with E-state index in [0.29, 0.717) is 19.6 Å². The molecule has 1 aromatic rings. The normalized spacial score (nSPS) is 23.1. The fourth-order valence-electron chi connectivity index (χ4n) is 2.47. The lowest BCUT2D eigenvalue weighted by atomic mass is 9.95. The molecule has 0 aliphatic carbocycles. The van der Waals surface area contributed by atoms with Crippen LogP contribution in [0.4, 0.5) is 0 Å². The first kappa shape index (κ1) is 14.0. The molecule has 19 heavy (non-hydrogen) atoms. The second-order valence-electron chi connectivity index (χ2n) is 5.55. The Hall–Kier alpha value is -1.46. The van der Waals surface area contributed by atoms with Gasteiger partial charge in [-0.1, -0.05) is 6.07 Å². The van der Waals surface area contributed by atoms with Gasteiger partial charge >= 0.3 is 0 Å². The fraction of sp³-hybridized carbons (Fsp3) is 0.571. The standard InChI is InChI=1S/C14H22N4O/c1-14(2)10-17-13(19)12(8-15-3)18(14)9-11-6-4-5-7-16-11/h4-7,12,15H,8-10H2,1-3H3,(H,17,19). The van der Waals surface area contributed by atoms with E-state index in [9.17, 15) is 4.79 Å². The Morgan fingerprint density at radius 3 is 2.95 bits per heavy atom. The number of nitrogens with zero attached hydrogens (tertiary/aromatic N) is 2. The molecule has 1 atom stereocenters. The number of piperazine rings is 1. The number of carbonyl (C=O) groups excluding carboxylic acids is 1. The molecule has 0 saturated carbocycles. The number of likely N-dealkylation sites (N-methyl/N-ethyl adjacent to an activating group) is 1. The Labute approximate surface area is 114 Å². The molecular weight excluding hydrogens is 240 g/mol. The zero-order valence-electron chi connectivity index (χ0n) is 11.8. The van der Waals surface area contributed by atoms with E-state index in [1.165, 1.54) is 0 Å². The summed E-state index contributed by atoms with van der Waals surface area (Å²) in [6.45, 7) is 6.30. The van der Waals surface area contributed by atoms with Crippen molar-refractivity contribution in [1.29, 1.82) is 0 Å². The molecule has 2 rings (SSSR count). The van der Waals surface area contributed by atoms with Crippen LogP contribution in [0.5, 0.6) is 0 Å². The highest BCUT2D eigenvalue weighted by molar-refractivity contribution is 5.83. The summed E-state index contributed by atoms with van der Waals surface area (Å²) in [7, 11) is 1.87. The molecule has 1 fully saturated rings. The van der Waals surface area contributed by atoms with Gasteiger partial charge in [-0.25, -0.2) is 0 Å². The van der Waals surface area contributed by atoms with Gasteiger partial charge < -0.3 is 10.6 Å². The van der Waals surface area contributed by atoms with E-state index in [4.69, 9.17) is 0 Å². The summed E-state index contributed by atoms with van der Waals surface area (Å²) in [5.74, 6) is 0.0876. The maximum atomic E-state index is 12.1. The summed E-state index contributed by atoms with van der Waals surface area (Å²) in [6, 6.07) is 5.73. The van der Waals surface area contributed by atoms with Crippen LogP contribution in [0.2, 0.25) is 0 Å². The monoisotopic (exact) mass is 262 g/mol. The number of aromatic nitrogens is 1. The third-order valence-corrected chi connectivity index (χ3v) is 3.61. The zero-order valence-corrected chi connectivity index (χ0v) is 11.8. The molecule has 1 aliphatic heterocycles. The first-order valence-corrected chi connectivity index (χ1v) is 6.63. The molecule has 1 amide bonds. The van der Waals surface area contributed by atoms with Crippen molar-refractivity contribution in [3.63, 3.8) is 0 Å². The molecular formula is C14H22N4O. The number of pyridine rings is 1. The number of carbonyl (C=O) groups is 1. The predicted molar refractivity (Wildman–Crippen MR) is 74.6 cm³/mol. The highest BCUT2D eigenvalue weighted by Gasteiger charge is 2.40. The highest BCUT2D eigenvalue weighted by Crippen LogP contribution is 2.23. The van der Waals surface area contributed by atoms with Crippen molar-refractivity contribution in [1.82, 2.24) is 20.5 Å². The van der Waals surface area contributed by atoms with Crippen LogP contribution in [-0.4, -0.2) is 47.5 Å². The molecule has 2 N–H and O–H groups in total. The Kier molecular flexibility index (Phi) is 4.17. The molecule has 1 aliphatic rings. The van der Waals surface area contributed by atoms with E-state index >= 15 is 0 Å². The third-order valence-electron chi connectivity index (χ3n) is 3.61. The average molecular weight is 262 g/mol. The van der Waals surface area contributed by atoms with E-state index in [1.807, 2.05) is 25.2 Å². The van der Waals surface area contributed by atoms with Gasteiger partial charge in [-0.3, -0.25) is 14.7 Å². The smallest absolute Gasteiger partial charge is 0.238 e. The minimum atomic E-state index is -0.157. The molecule has 5 nitrogen and oxygen atoms in total. The summed E-state index contributed by atoms with van der Waals surface area (Å²) in [4.78, 5) is 18.7. The molecule has 1 saturated heterocycles. The van der Waals surface area contributed by atoms with Crippen LogP contribution in [0.15, 0.2) is 24.4 Å². The van der Waals surface area contributed by atoms with Crippen LogP contribution in [0.1, 0.15) is 19.5 Å². The molecule has 5 heteroatoms. The maximum Gasteiger partial charge on any atom is 0.238 e. The van der Waals surface area contributed by atoms with E-state index in [2.05, 4.69) is 34.4 Å². The Balaban J connectivity index is 2.22. The summed E-state index contributed by atoms with van der Waals surface area (Å²) >= 11 is 0. The highest BCUT2D eigenvalue weighted by atomic mass is 16.2. The number of nitrogens with one attached hydrogen (secondary N) is 2. The summed E-state index contributed by atoms with van der Waals surface area (Å²) < 4.78 is 0. The van der Waals surface area contributed by atoms with Crippen molar-refractivity contribution in [3.8, 4) is 0 Å². The largest absolute Gasteiger partial charge is 0.353 e. The summed E-state index contributed by atoms with van der Waals surface area (Å²) in [5.41, 5.74) is 0.916. The summed E-state index contributed by atoms with van der Waals surface area (Å²) in [6.07, 6.45) is 1.79. The van der Waals surface area contributed by atoms with Gasteiger partial charge in [-0.05, 0) is 33.0 Å². The van der Waals surface area contributed by atoms with Gasteiger partial charge in [0.1, 0.15) is 6.04 Å². The van der Waals surface area contributed by atoms with Crippen LogP contribution < -0.4 is 10.6 Å². The van der Waals surface area contributed by atoms with Crippen molar-refractivity contribution >= 4 is 5.91 Å². The molecule has 0 aromatic carbocycles. The molecule has 0 bridgehead atoms. The summed E-state index contributed by atoms with van der Waals surface area (Å²) in [5, 5.41) is 6.08. The minimum absolute atomic E-state index is 0.0764. The first-order chi connectivity index (χ1) is 9.04. The molecule has 2 heterocycles. The van der Waals surface area contributed by atoms with Gasteiger partial charge in [-0.15, -0.1) is 0 Å². The average Bonchev–Trinajstić information content (AvgIpc) is 2.40. The van der Waals surface area contributed by atoms with Gasteiger partial charge in [0.05, 0.1) is 5.69 Å². The lowest BCUT2D eigenvalue weighted by Crippen LogP contribution is -2.67. The SMILES string of the molecule is CNCC1C(=O)NCC(C)(C)N1Cc1ccccn1. The fourth-order valence-corrected chi connectivity index (χ4v) is 2.47. The van der Waals surface area contributed by atoms with Crippen molar-refractivity contribution in [3.05, 3.63) is 30.1 Å². The van der Waals surface area contributed by atoms with E-state index in [1.54, 1.807) is 6.20 Å². The van der Waals surface area contributed by atoms with Gasteiger partial charge in [0.25, 0.3) is 0 Å². The molecule has 104 valence electrons. The second-order valence-corrected chi connectivity index (χ2v) is 5.55. The van der Waals surface area contributed by atoms with Crippen LogP contribution in [-0.2, 0) is 11.3 Å². The van der Waals surface area contributed by atoms with Crippen molar-refractivity contribution < 1.29 is 4.79 Å². The van der Waals surface area contributed by atoms with E-state index < -0.39 is 0 Å². The lowest BCUT2D eigenvalue weighted by Gasteiger charge is -2.47. The Morgan fingerprint density at radius 2 is 2.32 bits per heavy atom. The Morgan fingerprint density at radius 1 is 1.53 bits per heavy atom. The van der Waals surface area contributed by atoms with Gasteiger partial charge in [0.15, 0.2) is 0 Å². The second kappa shape index (κ2) is 5.67. The number of amides is 1. The van der Waals surface area contributed by atoms with Crippen molar-refractivity contribution in [2.75, 3.05) is 20.1 Å². The van der Waals surface area contributed by atoms with Gasteiger partial charge in [0, 0.05) is 31.4 Å². The third kappa shape index (κ3) is 3.11. The van der Waals surface area contributed by atoms with Crippen LogP contribution in [0, 0.1) is 0 Å². The van der Waals surface area contributed by atoms with Crippen molar-refractivity contribution in [2.45, 2.75) is 32.0 Å². The number of rotatable bonds is 4. The van der Waals surface area contributed by atoms with Crippen LogP contribution >= 0.6 is 0 Å². The number of hydrogen-bond donors (Lipinski definition) is 2. The topological polar surface area (TPSA) is 57.3 Å². The quantitative estimate of drug-likeness (QED) is 0.823. The maximum absolute atomic E-state index is 12.1. The van der Waals surface area contributed by atoms with E-state index in [0.717, 1.165) is 5.69 Å². The molecule has 1 unspecified atom stereocenters. The van der Waals surface area contributed by atoms with Crippen LogP contribution in [0.3, 0.4) is 0 Å². The van der Waals surface area contributed by atoms with Crippen molar-refractivity contribution in [2.24, 2.45) is 0 Å². The van der Waals surface area contributed by atoms with Crippen LogP contribution in [0.25, 0.3) is 0 Å². The molecule has 0 spiro atoms.